The number of hydrogen-bond acceptors (Lipinski definition) is 9. The van der Waals surface area contributed by atoms with Gasteiger partial charge >= 0.3 is 5.97 Å². The fraction of sp³-hybridized carbons (Fsp3) is 0.100. The molecule has 162 valence electrons. The molecule has 4 rings (SSSR count). The minimum absolute atomic E-state index is 0.00117. The first-order chi connectivity index (χ1) is 15.3. The summed E-state index contributed by atoms with van der Waals surface area (Å²) in [5, 5.41) is 24.2. The summed E-state index contributed by atoms with van der Waals surface area (Å²) >= 11 is 2.48. The molecule has 0 aliphatic carbocycles. The Labute approximate surface area is 188 Å². The summed E-state index contributed by atoms with van der Waals surface area (Å²) in [6.45, 7) is 1.98. The number of aromatic hydroxyl groups is 1. The smallest absolute Gasteiger partial charge is 0.339 e. The number of amides is 1. The van der Waals surface area contributed by atoms with Gasteiger partial charge in [0.05, 0.1) is 22.8 Å². The van der Waals surface area contributed by atoms with E-state index in [1.807, 2.05) is 0 Å². The van der Waals surface area contributed by atoms with Crippen LogP contribution in [0.3, 0.4) is 0 Å². The Morgan fingerprint density at radius 2 is 1.94 bits per heavy atom. The third kappa shape index (κ3) is 4.31. The largest absolute Gasteiger partial charge is 0.507 e. The second kappa shape index (κ2) is 8.77. The van der Waals surface area contributed by atoms with E-state index >= 15 is 0 Å². The third-order valence-electron chi connectivity index (χ3n) is 4.29. The summed E-state index contributed by atoms with van der Waals surface area (Å²) in [5.74, 6) is -3.12. The topological polar surface area (TPSA) is 138 Å². The fourth-order valence-corrected chi connectivity index (χ4v) is 4.68. The molecular formula is C20H14FN5O4S2. The first kappa shape index (κ1) is 21.5. The molecule has 0 spiro atoms. The molecule has 0 saturated heterocycles. The van der Waals surface area contributed by atoms with E-state index in [0.29, 0.717) is 16.4 Å². The predicted molar refractivity (Wildman–Crippen MR) is 115 cm³/mol. The molecule has 1 aromatic carbocycles. The average molecular weight is 471 g/mol. The zero-order chi connectivity index (χ0) is 22.8. The van der Waals surface area contributed by atoms with Crippen molar-refractivity contribution < 1.29 is 24.2 Å². The van der Waals surface area contributed by atoms with E-state index in [1.54, 1.807) is 18.4 Å². The van der Waals surface area contributed by atoms with E-state index in [9.17, 15) is 19.1 Å². The number of benzene rings is 1. The molecule has 3 heterocycles. The lowest BCUT2D eigenvalue weighted by molar-refractivity contribution is 0.0693. The Bertz CT molecular complexity index is 1320. The quantitative estimate of drug-likeness (QED) is 0.388. The Balaban J connectivity index is 1.54. The Morgan fingerprint density at radius 1 is 1.19 bits per heavy atom. The summed E-state index contributed by atoms with van der Waals surface area (Å²) in [6.07, 6.45) is 2.95. The van der Waals surface area contributed by atoms with Crippen molar-refractivity contribution in [2.75, 3.05) is 0 Å². The number of carboxylic acids is 1. The van der Waals surface area contributed by atoms with Gasteiger partial charge in [0, 0.05) is 23.3 Å². The van der Waals surface area contributed by atoms with Gasteiger partial charge in [0.1, 0.15) is 27.1 Å². The van der Waals surface area contributed by atoms with Gasteiger partial charge in [-0.15, -0.1) is 22.7 Å². The zero-order valence-electron chi connectivity index (χ0n) is 16.4. The molecule has 0 unspecified atom stereocenters. The van der Waals surface area contributed by atoms with Crippen LogP contribution in [0.5, 0.6) is 5.75 Å². The predicted octanol–water partition coefficient (Wildman–Crippen LogP) is 3.50. The van der Waals surface area contributed by atoms with Crippen LogP contribution < -0.4 is 5.32 Å². The normalized spacial score (nSPS) is 10.8. The Kier molecular flexibility index (Phi) is 5.88. The van der Waals surface area contributed by atoms with Crippen molar-refractivity contribution in [3.63, 3.8) is 0 Å². The van der Waals surface area contributed by atoms with Crippen molar-refractivity contribution in [2.45, 2.75) is 13.5 Å². The van der Waals surface area contributed by atoms with Gasteiger partial charge in [0.25, 0.3) is 5.91 Å². The van der Waals surface area contributed by atoms with Crippen LogP contribution in [0.15, 0.2) is 36.0 Å². The summed E-state index contributed by atoms with van der Waals surface area (Å²) in [7, 11) is 0. The number of halogens is 1. The standard InChI is InChI=1S/C20H14FN5O4S2/c1-9-16(32-15(25-9)7-24-18(28)17-22-3-2-4-23-17)13-8-31-19(26-13)10-6-14(27)11(20(29)30)5-12(10)21/h2-6,8,27H,7H2,1H3,(H,24,28)(H,29,30). The minimum atomic E-state index is -1.42. The minimum Gasteiger partial charge on any atom is -0.507 e. The molecular weight excluding hydrogens is 457 g/mol. The number of aryl methyl sites for hydroxylation is 1. The van der Waals surface area contributed by atoms with E-state index in [4.69, 9.17) is 5.11 Å². The van der Waals surface area contributed by atoms with Crippen LogP contribution in [0.4, 0.5) is 4.39 Å². The molecule has 9 nitrogen and oxygen atoms in total. The number of aromatic nitrogens is 4. The first-order valence-electron chi connectivity index (χ1n) is 9.07. The molecule has 0 fully saturated rings. The molecule has 0 aliphatic heterocycles. The fourth-order valence-electron chi connectivity index (χ4n) is 2.82. The maximum atomic E-state index is 14.4. The molecule has 3 N–H and O–H groups in total. The van der Waals surface area contributed by atoms with Gasteiger partial charge < -0.3 is 15.5 Å². The number of rotatable bonds is 6. The van der Waals surface area contributed by atoms with Crippen molar-refractivity contribution >= 4 is 34.6 Å². The maximum Gasteiger partial charge on any atom is 0.339 e. The summed E-state index contributed by atoms with van der Waals surface area (Å²) in [5.41, 5.74) is 0.733. The van der Waals surface area contributed by atoms with Crippen LogP contribution in [0.1, 0.15) is 31.7 Å². The number of carbonyl (C=O) groups excluding carboxylic acids is 1. The lowest BCUT2D eigenvalue weighted by Gasteiger charge is -2.04. The van der Waals surface area contributed by atoms with Crippen molar-refractivity contribution in [1.29, 1.82) is 0 Å². The van der Waals surface area contributed by atoms with E-state index in [2.05, 4.69) is 25.3 Å². The molecule has 0 atom stereocenters. The van der Waals surface area contributed by atoms with Gasteiger partial charge in [-0.05, 0) is 25.1 Å². The number of carboxylic acid groups (broad SMARTS) is 1. The lowest BCUT2D eigenvalue weighted by atomic mass is 10.1. The molecule has 0 radical (unpaired) electrons. The SMILES string of the molecule is Cc1nc(CNC(=O)c2ncccn2)sc1-c1csc(-c2cc(O)c(C(=O)O)cc2F)n1. The van der Waals surface area contributed by atoms with Crippen LogP contribution in [-0.2, 0) is 6.54 Å². The Morgan fingerprint density at radius 3 is 2.66 bits per heavy atom. The van der Waals surface area contributed by atoms with Crippen LogP contribution >= 0.6 is 22.7 Å². The van der Waals surface area contributed by atoms with E-state index in [-0.39, 0.29) is 22.9 Å². The first-order valence-corrected chi connectivity index (χ1v) is 10.8. The lowest BCUT2D eigenvalue weighted by Crippen LogP contribution is -2.24. The average Bonchev–Trinajstić information content (AvgIpc) is 3.40. The number of nitrogens with zero attached hydrogens (tertiary/aromatic N) is 4. The second-order valence-corrected chi connectivity index (χ2v) is 8.41. The zero-order valence-corrected chi connectivity index (χ0v) is 18.0. The number of aromatic carboxylic acids is 1. The summed E-state index contributed by atoms with van der Waals surface area (Å²) in [4.78, 5) is 40.6. The summed E-state index contributed by atoms with van der Waals surface area (Å²) in [6, 6.07) is 3.43. The number of carbonyl (C=O) groups is 2. The molecule has 0 saturated carbocycles. The number of thiazole rings is 2. The highest BCUT2D eigenvalue weighted by molar-refractivity contribution is 7.16. The highest BCUT2D eigenvalue weighted by atomic mass is 32.1. The van der Waals surface area contributed by atoms with Gasteiger partial charge in [-0.1, -0.05) is 0 Å². The van der Waals surface area contributed by atoms with Gasteiger partial charge in [-0.3, -0.25) is 4.79 Å². The molecule has 1 amide bonds. The van der Waals surface area contributed by atoms with Crippen LogP contribution in [0, 0.1) is 12.7 Å². The van der Waals surface area contributed by atoms with Crippen LogP contribution in [-0.4, -0.2) is 42.0 Å². The van der Waals surface area contributed by atoms with E-state index in [1.165, 1.54) is 23.7 Å². The second-order valence-electron chi connectivity index (χ2n) is 6.47. The van der Waals surface area contributed by atoms with Crippen LogP contribution in [0.25, 0.3) is 21.1 Å². The van der Waals surface area contributed by atoms with Crippen molar-refractivity contribution in [3.05, 3.63) is 63.9 Å². The molecule has 3 aromatic heterocycles. The third-order valence-corrected chi connectivity index (χ3v) is 6.35. The van der Waals surface area contributed by atoms with Gasteiger partial charge in [0.2, 0.25) is 5.82 Å². The number of nitrogens with one attached hydrogen (secondary N) is 1. The molecule has 32 heavy (non-hydrogen) atoms. The van der Waals surface area contributed by atoms with Crippen molar-refractivity contribution in [1.82, 2.24) is 25.3 Å². The number of phenols is 1. The number of hydrogen-bond donors (Lipinski definition) is 3. The van der Waals surface area contributed by atoms with Gasteiger partial charge in [0.15, 0.2) is 0 Å². The maximum absolute atomic E-state index is 14.4. The van der Waals surface area contributed by atoms with E-state index < -0.39 is 29.0 Å². The van der Waals surface area contributed by atoms with E-state index in [0.717, 1.165) is 28.3 Å². The summed E-state index contributed by atoms with van der Waals surface area (Å²) < 4.78 is 14.4. The van der Waals surface area contributed by atoms with Crippen molar-refractivity contribution in [3.8, 4) is 26.9 Å². The molecule has 12 heteroatoms. The van der Waals surface area contributed by atoms with Gasteiger partial charge in [-0.2, -0.15) is 0 Å². The molecule has 4 aromatic rings. The van der Waals surface area contributed by atoms with Crippen molar-refractivity contribution in [2.24, 2.45) is 0 Å². The highest BCUT2D eigenvalue weighted by Gasteiger charge is 2.20. The van der Waals surface area contributed by atoms with Crippen LogP contribution in [0.2, 0.25) is 0 Å². The monoisotopic (exact) mass is 471 g/mol. The van der Waals surface area contributed by atoms with Gasteiger partial charge in [-0.25, -0.2) is 29.1 Å². The molecule has 0 bridgehead atoms. The highest BCUT2D eigenvalue weighted by Crippen LogP contribution is 2.36. The Hall–Kier alpha value is -3.77. The molecule has 0 aliphatic rings.